The van der Waals surface area contributed by atoms with Crippen molar-refractivity contribution in [1.29, 1.82) is 0 Å². The van der Waals surface area contributed by atoms with Crippen molar-refractivity contribution in [2.24, 2.45) is 5.92 Å². The van der Waals surface area contributed by atoms with Crippen molar-refractivity contribution in [3.05, 3.63) is 11.6 Å². The van der Waals surface area contributed by atoms with E-state index in [1.165, 1.54) is 18.4 Å². The molecule has 0 spiro atoms. The summed E-state index contributed by atoms with van der Waals surface area (Å²) in [6.45, 7) is 6.66. The number of allylic oxidation sites excluding steroid dienone is 2. The van der Waals surface area contributed by atoms with Crippen LogP contribution in [0.1, 0.15) is 33.6 Å². The molecule has 10 heavy (non-hydrogen) atoms. The molecule has 0 N–H and O–H groups in total. The van der Waals surface area contributed by atoms with E-state index in [0.29, 0.717) is 0 Å². The summed E-state index contributed by atoms with van der Waals surface area (Å²) in [7, 11) is 0. The summed E-state index contributed by atoms with van der Waals surface area (Å²) < 4.78 is 0. The van der Waals surface area contributed by atoms with Gasteiger partial charge in [0.25, 0.3) is 0 Å². The topological polar surface area (TPSA) is 0 Å². The van der Waals surface area contributed by atoms with Crippen LogP contribution in [0.5, 0.6) is 0 Å². The van der Waals surface area contributed by atoms with Crippen molar-refractivity contribution in [1.82, 2.24) is 0 Å². The Morgan fingerprint density at radius 3 is 2.20 bits per heavy atom. The van der Waals surface area contributed by atoms with Crippen molar-refractivity contribution >= 4 is 15.9 Å². The number of hydrogen-bond donors (Lipinski definition) is 0. The first-order chi connectivity index (χ1) is 4.74. The van der Waals surface area contributed by atoms with Gasteiger partial charge in [0.05, 0.1) is 0 Å². The van der Waals surface area contributed by atoms with Crippen LogP contribution < -0.4 is 0 Å². The molecule has 60 valence electrons. The Morgan fingerprint density at radius 2 is 1.90 bits per heavy atom. The molecule has 0 radical (unpaired) electrons. The highest BCUT2D eigenvalue weighted by Gasteiger charge is 1.97. The van der Waals surface area contributed by atoms with E-state index in [9.17, 15) is 0 Å². The van der Waals surface area contributed by atoms with Crippen molar-refractivity contribution in [2.45, 2.75) is 33.6 Å². The average molecular weight is 205 g/mol. The zero-order valence-corrected chi connectivity index (χ0v) is 8.74. The molecule has 0 aliphatic carbocycles. The minimum Gasteiger partial charge on any atom is -0.0880 e. The number of rotatable bonds is 4. The fourth-order valence-electron chi connectivity index (χ4n) is 0.971. The van der Waals surface area contributed by atoms with Crippen LogP contribution in [0.2, 0.25) is 0 Å². The number of halogens is 1. The predicted molar refractivity (Wildman–Crippen MR) is 51.6 cm³/mol. The maximum Gasteiger partial charge on any atom is 0.0239 e. The molecule has 0 aromatic rings. The van der Waals surface area contributed by atoms with Gasteiger partial charge in [0.1, 0.15) is 0 Å². The standard InChI is InChI=1S/C9H17Br/c1-4-9(5-2)6-8(3)7-10/h6,9H,4-5,7H2,1-3H3. The summed E-state index contributed by atoms with van der Waals surface area (Å²) in [6, 6.07) is 0. The lowest BCUT2D eigenvalue weighted by molar-refractivity contribution is 0.602. The van der Waals surface area contributed by atoms with Gasteiger partial charge in [-0.1, -0.05) is 41.4 Å². The van der Waals surface area contributed by atoms with Gasteiger partial charge in [0.15, 0.2) is 0 Å². The Labute approximate surface area is 72.8 Å². The van der Waals surface area contributed by atoms with E-state index in [1.807, 2.05) is 0 Å². The fraction of sp³-hybridized carbons (Fsp3) is 0.778. The molecule has 0 aromatic carbocycles. The van der Waals surface area contributed by atoms with Crippen LogP contribution in [0, 0.1) is 5.92 Å². The third kappa shape index (κ3) is 4.10. The van der Waals surface area contributed by atoms with Crippen LogP contribution in [-0.4, -0.2) is 5.33 Å². The monoisotopic (exact) mass is 204 g/mol. The fourth-order valence-corrected chi connectivity index (χ4v) is 1.16. The number of hydrogen-bond acceptors (Lipinski definition) is 0. The molecule has 0 unspecified atom stereocenters. The first kappa shape index (κ1) is 10.2. The van der Waals surface area contributed by atoms with Crippen molar-refractivity contribution < 1.29 is 0 Å². The predicted octanol–water partition coefficient (Wildman–Crippen LogP) is 3.76. The van der Waals surface area contributed by atoms with Crippen molar-refractivity contribution in [3.63, 3.8) is 0 Å². The molecular formula is C9H17Br. The highest BCUT2D eigenvalue weighted by molar-refractivity contribution is 9.09. The molecule has 0 fully saturated rings. The second-order valence-electron chi connectivity index (χ2n) is 2.72. The minimum atomic E-state index is 0.789. The molecule has 0 nitrogen and oxygen atoms in total. The zero-order valence-electron chi connectivity index (χ0n) is 7.15. The first-order valence-electron chi connectivity index (χ1n) is 3.97. The van der Waals surface area contributed by atoms with E-state index in [2.05, 4.69) is 42.8 Å². The summed E-state index contributed by atoms with van der Waals surface area (Å²) in [4.78, 5) is 0. The summed E-state index contributed by atoms with van der Waals surface area (Å²) in [6.07, 6.45) is 4.90. The number of alkyl halides is 1. The van der Waals surface area contributed by atoms with Crippen molar-refractivity contribution in [2.75, 3.05) is 5.33 Å². The molecule has 0 aromatic heterocycles. The van der Waals surface area contributed by atoms with E-state index in [-0.39, 0.29) is 0 Å². The van der Waals surface area contributed by atoms with Crippen LogP contribution in [0.3, 0.4) is 0 Å². The molecule has 1 heteroatoms. The largest absolute Gasteiger partial charge is 0.0880 e. The molecule has 0 aliphatic heterocycles. The summed E-state index contributed by atoms with van der Waals surface area (Å²) in [5.74, 6) is 0.789. The van der Waals surface area contributed by atoms with Crippen LogP contribution in [-0.2, 0) is 0 Å². The van der Waals surface area contributed by atoms with E-state index in [4.69, 9.17) is 0 Å². The Balaban J connectivity index is 3.80. The Hall–Kier alpha value is 0.220. The van der Waals surface area contributed by atoms with Crippen LogP contribution >= 0.6 is 15.9 Å². The summed E-state index contributed by atoms with van der Waals surface area (Å²) in [5, 5.41) is 1.02. The van der Waals surface area contributed by atoms with Crippen LogP contribution in [0.25, 0.3) is 0 Å². The lowest BCUT2D eigenvalue weighted by atomic mass is 10.0. The molecule has 0 saturated carbocycles. The molecule has 0 bridgehead atoms. The van der Waals surface area contributed by atoms with Crippen LogP contribution in [0.15, 0.2) is 11.6 Å². The molecule has 0 atom stereocenters. The van der Waals surface area contributed by atoms with E-state index in [0.717, 1.165) is 11.2 Å². The minimum absolute atomic E-state index is 0.789. The van der Waals surface area contributed by atoms with Gasteiger partial charge >= 0.3 is 0 Å². The van der Waals surface area contributed by atoms with E-state index in [1.54, 1.807) is 0 Å². The maximum absolute atomic E-state index is 3.43. The third-order valence-corrected chi connectivity index (χ3v) is 2.66. The first-order valence-corrected chi connectivity index (χ1v) is 5.10. The van der Waals surface area contributed by atoms with Crippen LogP contribution in [0.4, 0.5) is 0 Å². The van der Waals surface area contributed by atoms with E-state index >= 15 is 0 Å². The highest BCUT2D eigenvalue weighted by Crippen LogP contribution is 2.12. The molecular weight excluding hydrogens is 188 g/mol. The quantitative estimate of drug-likeness (QED) is 0.484. The van der Waals surface area contributed by atoms with Crippen molar-refractivity contribution in [3.8, 4) is 0 Å². The van der Waals surface area contributed by atoms with Gasteiger partial charge in [-0.2, -0.15) is 0 Å². The molecule has 0 aliphatic rings. The summed E-state index contributed by atoms with van der Waals surface area (Å²) >= 11 is 3.43. The Morgan fingerprint density at radius 1 is 1.40 bits per heavy atom. The molecule has 0 rings (SSSR count). The lowest BCUT2D eigenvalue weighted by Gasteiger charge is -2.06. The SMILES string of the molecule is CCC(C=C(C)CBr)CC. The lowest BCUT2D eigenvalue weighted by Crippen LogP contribution is -1.92. The van der Waals surface area contributed by atoms with Gasteiger partial charge < -0.3 is 0 Å². The highest BCUT2D eigenvalue weighted by atomic mass is 79.9. The zero-order chi connectivity index (χ0) is 7.98. The third-order valence-electron chi connectivity index (χ3n) is 1.78. The van der Waals surface area contributed by atoms with Gasteiger partial charge in [-0.15, -0.1) is 0 Å². The Bertz CT molecular complexity index is 101. The normalized spacial score (nSPS) is 12.7. The van der Waals surface area contributed by atoms with Gasteiger partial charge in [-0.05, 0) is 25.7 Å². The second-order valence-corrected chi connectivity index (χ2v) is 3.28. The summed E-state index contributed by atoms with van der Waals surface area (Å²) in [5.41, 5.74) is 1.45. The smallest absolute Gasteiger partial charge is 0.0239 e. The second kappa shape index (κ2) is 5.96. The van der Waals surface area contributed by atoms with Gasteiger partial charge in [0, 0.05) is 5.33 Å². The van der Waals surface area contributed by atoms with Gasteiger partial charge in [0.2, 0.25) is 0 Å². The molecule has 0 heterocycles. The molecule has 0 amide bonds. The maximum atomic E-state index is 3.43. The molecule has 0 saturated heterocycles. The van der Waals surface area contributed by atoms with Gasteiger partial charge in [-0.3, -0.25) is 0 Å². The average Bonchev–Trinajstić information content (AvgIpc) is 1.99. The van der Waals surface area contributed by atoms with Gasteiger partial charge in [-0.25, -0.2) is 0 Å². The Kier molecular flexibility index (Phi) is 6.10. The van der Waals surface area contributed by atoms with E-state index < -0.39 is 0 Å².